The molecular weight excluding hydrogens is 444 g/mol. The minimum Gasteiger partial charge on any atom is -0.495 e. The van der Waals surface area contributed by atoms with Crippen LogP contribution >= 0.6 is 23.1 Å². The van der Waals surface area contributed by atoms with Gasteiger partial charge in [0.15, 0.2) is 0 Å². The summed E-state index contributed by atoms with van der Waals surface area (Å²) in [6.45, 7) is 3.91. The molecular formula is C23H22N4O3S2. The van der Waals surface area contributed by atoms with Crippen molar-refractivity contribution < 1.29 is 13.9 Å². The first-order valence-corrected chi connectivity index (χ1v) is 11.7. The quantitative estimate of drug-likeness (QED) is 0.356. The molecule has 164 valence electrons. The summed E-state index contributed by atoms with van der Waals surface area (Å²) in [4.78, 5) is 17.7. The van der Waals surface area contributed by atoms with Gasteiger partial charge in [0.05, 0.1) is 29.9 Å². The summed E-state index contributed by atoms with van der Waals surface area (Å²) in [5.41, 5.74) is 3.35. The van der Waals surface area contributed by atoms with Crippen molar-refractivity contribution in [2.24, 2.45) is 0 Å². The zero-order valence-electron chi connectivity index (χ0n) is 17.9. The average Bonchev–Trinajstić information content (AvgIpc) is 3.41. The van der Waals surface area contributed by atoms with Crippen molar-refractivity contribution in [3.63, 3.8) is 0 Å². The van der Waals surface area contributed by atoms with Crippen molar-refractivity contribution in [1.82, 2.24) is 15.2 Å². The molecule has 0 aliphatic heterocycles. The smallest absolute Gasteiger partial charge is 0.277 e. The van der Waals surface area contributed by atoms with E-state index in [-0.39, 0.29) is 5.91 Å². The lowest BCUT2D eigenvalue weighted by molar-refractivity contribution is -0.115. The zero-order chi connectivity index (χ0) is 22.5. The molecule has 0 bridgehead atoms. The summed E-state index contributed by atoms with van der Waals surface area (Å²) in [6.07, 6.45) is 0.459. The molecule has 2 aromatic heterocycles. The van der Waals surface area contributed by atoms with Crippen LogP contribution in [0.4, 0.5) is 5.69 Å². The Morgan fingerprint density at radius 2 is 2.00 bits per heavy atom. The van der Waals surface area contributed by atoms with Crippen molar-refractivity contribution in [3.05, 3.63) is 81.6 Å². The average molecular weight is 467 g/mol. The van der Waals surface area contributed by atoms with Gasteiger partial charge in [-0.1, -0.05) is 36.4 Å². The number of ether oxygens (including phenoxy) is 1. The molecule has 7 nitrogen and oxygen atoms in total. The fourth-order valence-electron chi connectivity index (χ4n) is 3.12. The van der Waals surface area contributed by atoms with Gasteiger partial charge in [-0.3, -0.25) is 4.79 Å². The van der Waals surface area contributed by atoms with Gasteiger partial charge in [-0.25, -0.2) is 4.98 Å². The molecule has 0 saturated heterocycles. The third-order valence-electron chi connectivity index (χ3n) is 4.62. The van der Waals surface area contributed by atoms with Crippen molar-refractivity contribution >= 4 is 34.7 Å². The van der Waals surface area contributed by atoms with Crippen LogP contribution < -0.4 is 10.1 Å². The first-order chi connectivity index (χ1) is 15.5. The summed E-state index contributed by atoms with van der Waals surface area (Å²) >= 11 is 2.79. The Morgan fingerprint density at radius 3 is 2.72 bits per heavy atom. The Morgan fingerprint density at radius 1 is 1.19 bits per heavy atom. The normalized spacial score (nSPS) is 11.8. The molecule has 1 N–H and O–H groups in total. The molecule has 1 amide bonds. The highest BCUT2D eigenvalue weighted by molar-refractivity contribution is 8.00. The van der Waals surface area contributed by atoms with E-state index in [2.05, 4.69) is 20.5 Å². The Labute approximate surface area is 194 Å². The van der Waals surface area contributed by atoms with Gasteiger partial charge in [0, 0.05) is 5.38 Å². The molecule has 0 aliphatic carbocycles. The van der Waals surface area contributed by atoms with Crippen LogP contribution in [0.25, 0.3) is 0 Å². The Hall–Kier alpha value is -3.17. The predicted octanol–water partition coefficient (Wildman–Crippen LogP) is 5.21. The number of amides is 1. The van der Waals surface area contributed by atoms with Crippen molar-refractivity contribution in [2.45, 2.75) is 30.7 Å². The number of benzene rings is 2. The van der Waals surface area contributed by atoms with Crippen molar-refractivity contribution in [2.75, 3.05) is 12.4 Å². The number of carbonyl (C=O) groups is 1. The third kappa shape index (κ3) is 5.35. The van der Waals surface area contributed by atoms with E-state index in [4.69, 9.17) is 9.15 Å². The van der Waals surface area contributed by atoms with E-state index in [1.807, 2.05) is 67.8 Å². The molecule has 0 aliphatic rings. The highest BCUT2D eigenvalue weighted by atomic mass is 32.2. The lowest BCUT2D eigenvalue weighted by Gasteiger charge is -2.17. The lowest BCUT2D eigenvalue weighted by Crippen LogP contribution is -2.19. The highest BCUT2D eigenvalue weighted by Crippen LogP contribution is 2.37. The summed E-state index contributed by atoms with van der Waals surface area (Å²) in [6, 6.07) is 15.2. The molecule has 2 aromatic carbocycles. The van der Waals surface area contributed by atoms with Crippen LogP contribution in [0.2, 0.25) is 0 Å². The topological polar surface area (TPSA) is 90.1 Å². The molecule has 4 aromatic rings. The molecule has 0 spiro atoms. The van der Waals surface area contributed by atoms with Crippen LogP contribution in [0.15, 0.2) is 63.6 Å². The zero-order valence-corrected chi connectivity index (χ0v) is 19.5. The second-order valence-corrected chi connectivity index (χ2v) is 9.22. The number of nitrogens with one attached hydrogen (secondary N) is 1. The molecule has 1 unspecified atom stereocenters. The predicted molar refractivity (Wildman–Crippen MR) is 125 cm³/mol. The molecule has 1 atom stereocenters. The second kappa shape index (κ2) is 9.97. The fourth-order valence-corrected chi connectivity index (χ4v) is 4.63. The molecule has 32 heavy (non-hydrogen) atoms. The van der Waals surface area contributed by atoms with Gasteiger partial charge in [-0.05, 0) is 48.9 Å². The summed E-state index contributed by atoms with van der Waals surface area (Å²) in [5, 5.41) is 14.0. The number of hydrogen-bond acceptors (Lipinski definition) is 8. The first-order valence-electron chi connectivity index (χ1n) is 9.92. The number of thioether (sulfide) groups is 1. The van der Waals surface area contributed by atoms with Gasteiger partial charge >= 0.3 is 0 Å². The van der Waals surface area contributed by atoms with Gasteiger partial charge < -0.3 is 14.5 Å². The largest absolute Gasteiger partial charge is 0.495 e. The van der Waals surface area contributed by atoms with Crippen LogP contribution in [-0.2, 0) is 11.2 Å². The first kappa shape index (κ1) is 22.0. The fraction of sp³-hybridized carbons (Fsp3) is 0.217. The lowest BCUT2D eigenvalue weighted by atomic mass is 10.1. The summed E-state index contributed by atoms with van der Waals surface area (Å²) in [5.74, 6) is 0.852. The summed E-state index contributed by atoms with van der Waals surface area (Å²) in [7, 11) is 1.58. The summed E-state index contributed by atoms with van der Waals surface area (Å²) < 4.78 is 11.2. The number of hydrogen-bond donors (Lipinski definition) is 1. The number of methoxy groups -OCH3 is 1. The maximum absolute atomic E-state index is 13.3. The van der Waals surface area contributed by atoms with Crippen LogP contribution in [0.5, 0.6) is 5.75 Å². The Bertz CT molecular complexity index is 1210. The van der Waals surface area contributed by atoms with Crippen LogP contribution in [0, 0.1) is 13.8 Å². The molecule has 0 radical (unpaired) electrons. The minimum absolute atomic E-state index is 0.208. The number of anilines is 1. The molecule has 0 fully saturated rings. The van der Waals surface area contributed by atoms with Crippen LogP contribution in [0.3, 0.4) is 0 Å². The van der Waals surface area contributed by atoms with Crippen molar-refractivity contribution in [1.29, 1.82) is 0 Å². The second-order valence-electron chi connectivity index (χ2n) is 7.10. The molecule has 2 heterocycles. The SMILES string of the molecule is COc1ccc(C)cc1NC(=O)C(Sc1nnc(Cc2csc(C)n2)o1)c1ccccc1. The van der Waals surface area contributed by atoms with E-state index >= 15 is 0 Å². The van der Waals surface area contributed by atoms with Crippen LogP contribution in [-0.4, -0.2) is 28.2 Å². The maximum Gasteiger partial charge on any atom is 0.277 e. The van der Waals surface area contributed by atoms with Gasteiger partial charge in [0.25, 0.3) is 5.22 Å². The monoisotopic (exact) mass is 466 g/mol. The van der Waals surface area contributed by atoms with E-state index in [0.29, 0.717) is 29.0 Å². The number of rotatable bonds is 8. The number of carbonyl (C=O) groups excluding carboxylic acids is 1. The van der Waals surface area contributed by atoms with Gasteiger partial charge in [-0.15, -0.1) is 21.5 Å². The Kier molecular flexibility index (Phi) is 6.87. The van der Waals surface area contributed by atoms with Gasteiger partial charge in [0.1, 0.15) is 11.0 Å². The third-order valence-corrected chi connectivity index (χ3v) is 6.53. The highest BCUT2D eigenvalue weighted by Gasteiger charge is 2.26. The number of nitrogens with zero attached hydrogens (tertiary/aromatic N) is 3. The van der Waals surface area contributed by atoms with Gasteiger partial charge in [-0.2, -0.15) is 0 Å². The number of aryl methyl sites for hydroxylation is 2. The minimum atomic E-state index is -0.587. The van der Waals surface area contributed by atoms with E-state index in [0.717, 1.165) is 21.8 Å². The molecule has 4 rings (SSSR count). The molecule has 0 saturated carbocycles. The van der Waals surface area contributed by atoms with Crippen LogP contribution in [0.1, 0.15) is 33.0 Å². The number of aromatic nitrogens is 3. The van der Waals surface area contributed by atoms with E-state index in [1.54, 1.807) is 18.4 Å². The van der Waals surface area contributed by atoms with E-state index in [9.17, 15) is 4.79 Å². The Balaban J connectivity index is 1.55. The molecule has 9 heteroatoms. The standard InChI is InChI=1S/C23H22N4O3S2/c1-14-9-10-19(29-3)18(11-14)25-22(28)21(16-7-5-4-6-8-16)32-23-27-26-20(30-23)12-17-13-31-15(2)24-17/h4-11,13,21H,12H2,1-3H3,(H,25,28). The maximum atomic E-state index is 13.3. The van der Waals surface area contributed by atoms with Gasteiger partial charge in [0.2, 0.25) is 11.8 Å². The van der Waals surface area contributed by atoms with E-state index < -0.39 is 5.25 Å². The van der Waals surface area contributed by atoms with E-state index in [1.165, 1.54) is 11.8 Å². The number of thiazole rings is 1. The van der Waals surface area contributed by atoms with Crippen molar-refractivity contribution in [3.8, 4) is 5.75 Å².